The SMILES string of the molecule is C=CC(O)N1CCC(Oc2cc3c(Nc4ccc(F)c(Cl)c4)ncnc3cc2OC)CC1. The van der Waals surface area contributed by atoms with Crippen LogP contribution in [0.5, 0.6) is 11.5 Å². The number of rotatable bonds is 7. The van der Waals surface area contributed by atoms with Crippen molar-refractivity contribution in [2.24, 2.45) is 0 Å². The van der Waals surface area contributed by atoms with Gasteiger partial charge < -0.3 is 19.9 Å². The van der Waals surface area contributed by atoms with Gasteiger partial charge in [-0.2, -0.15) is 0 Å². The first-order valence-electron chi connectivity index (χ1n) is 10.2. The molecule has 2 aromatic carbocycles. The van der Waals surface area contributed by atoms with Crippen LogP contribution >= 0.6 is 11.6 Å². The Kier molecular flexibility index (Phi) is 6.74. The molecule has 1 aliphatic rings. The number of likely N-dealkylation sites (tertiary alicyclic amines) is 1. The Bertz CT molecular complexity index is 1120. The minimum absolute atomic E-state index is 0.0203. The molecular weight excluding hydrogens is 435 g/mol. The highest BCUT2D eigenvalue weighted by atomic mass is 35.5. The summed E-state index contributed by atoms with van der Waals surface area (Å²) in [6.45, 7) is 5.05. The molecule has 0 spiro atoms. The zero-order chi connectivity index (χ0) is 22.7. The van der Waals surface area contributed by atoms with Crippen LogP contribution in [-0.2, 0) is 0 Å². The number of benzene rings is 2. The van der Waals surface area contributed by atoms with Gasteiger partial charge in [-0.3, -0.25) is 4.90 Å². The highest BCUT2D eigenvalue weighted by molar-refractivity contribution is 6.31. The van der Waals surface area contributed by atoms with Crippen molar-refractivity contribution in [1.82, 2.24) is 14.9 Å². The minimum Gasteiger partial charge on any atom is -0.493 e. The number of ether oxygens (including phenoxy) is 2. The summed E-state index contributed by atoms with van der Waals surface area (Å²) in [6.07, 6.45) is 3.82. The summed E-state index contributed by atoms with van der Waals surface area (Å²) in [7, 11) is 1.58. The molecule has 1 atom stereocenters. The number of methoxy groups -OCH3 is 1. The van der Waals surface area contributed by atoms with Crippen molar-refractivity contribution in [1.29, 1.82) is 0 Å². The Morgan fingerprint density at radius 3 is 2.72 bits per heavy atom. The summed E-state index contributed by atoms with van der Waals surface area (Å²) in [6, 6.07) is 8.01. The van der Waals surface area contributed by atoms with E-state index in [1.165, 1.54) is 24.5 Å². The zero-order valence-corrected chi connectivity index (χ0v) is 18.3. The molecule has 9 heteroatoms. The zero-order valence-electron chi connectivity index (χ0n) is 17.6. The van der Waals surface area contributed by atoms with Crippen LogP contribution in [0.2, 0.25) is 5.02 Å². The average Bonchev–Trinajstić information content (AvgIpc) is 2.81. The fourth-order valence-corrected chi connectivity index (χ4v) is 3.89. The van der Waals surface area contributed by atoms with Crippen molar-refractivity contribution in [2.45, 2.75) is 25.2 Å². The molecular formula is C23H24ClFN4O3. The Morgan fingerprint density at radius 2 is 2.03 bits per heavy atom. The standard InChI is InChI=1S/C23H24ClFN4O3/c1-3-22(30)29-8-6-15(7-9-29)32-21-11-16-19(12-20(21)31-2)26-13-27-23(16)28-14-4-5-18(25)17(24)10-14/h3-5,10-13,15,22,30H,1,6-9H2,2H3,(H,26,27,28). The van der Waals surface area contributed by atoms with Crippen LogP contribution in [0.25, 0.3) is 10.9 Å². The molecule has 32 heavy (non-hydrogen) atoms. The largest absolute Gasteiger partial charge is 0.493 e. The summed E-state index contributed by atoms with van der Waals surface area (Å²) < 4.78 is 25.3. The van der Waals surface area contributed by atoms with Gasteiger partial charge in [0.15, 0.2) is 11.5 Å². The molecule has 0 amide bonds. The summed E-state index contributed by atoms with van der Waals surface area (Å²) >= 11 is 5.90. The Morgan fingerprint density at radius 1 is 1.25 bits per heavy atom. The molecule has 0 bridgehead atoms. The Hall–Kier alpha value is -2.94. The van der Waals surface area contributed by atoms with Crippen LogP contribution in [-0.4, -0.2) is 52.5 Å². The van der Waals surface area contributed by atoms with E-state index in [4.69, 9.17) is 21.1 Å². The molecule has 1 unspecified atom stereocenters. The van der Waals surface area contributed by atoms with Gasteiger partial charge in [-0.15, -0.1) is 0 Å². The van der Waals surface area contributed by atoms with Crippen molar-refractivity contribution < 1.29 is 19.0 Å². The average molecular weight is 459 g/mol. The number of anilines is 2. The van der Waals surface area contributed by atoms with Crippen molar-refractivity contribution in [2.75, 3.05) is 25.5 Å². The van der Waals surface area contributed by atoms with Crippen LogP contribution in [0.3, 0.4) is 0 Å². The number of nitrogens with zero attached hydrogens (tertiary/aromatic N) is 3. The number of fused-ring (bicyclic) bond motifs is 1. The van der Waals surface area contributed by atoms with E-state index < -0.39 is 12.0 Å². The second kappa shape index (κ2) is 9.68. The summed E-state index contributed by atoms with van der Waals surface area (Å²) in [5, 5.41) is 13.9. The van der Waals surface area contributed by atoms with Crippen LogP contribution in [0.15, 0.2) is 49.3 Å². The lowest BCUT2D eigenvalue weighted by molar-refractivity contribution is 0.000482. The molecule has 2 heterocycles. The highest BCUT2D eigenvalue weighted by Crippen LogP contribution is 2.36. The topological polar surface area (TPSA) is 79.7 Å². The van der Waals surface area contributed by atoms with Gasteiger partial charge in [0.2, 0.25) is 0 Å². The number of halogens is 2. The Balaban J connectivity index is 1.59. The number of aromatic nitrogens is 2. The van der Waals surface area contributed by atoms with Gasteiger partial charge >= 0.3 is 0 Å². The molecule has 1 aromatic heterocycles. The third-order valence-corrected chi connectivity index (χ3v) is 5.75. The van der Waals surface area contributed by atoms with E-state index in [0.29, 0.717) is 41.6 Å². The maximum atomic E-state index is 13.5. The molecule has 4 rings (SSSR count). The highest BCUT2D eigenvalue weighted by Gasteiger charge is 2.24. The molecule has 2 N–H and O–H groups in total. The fraction of sp³-hybridized carbons (Fsp3) is 0.304. The molecule has 1 aliphatic heterocycles. The summed E-state index contributed by atoms with van der Waals surface area (Å²) in [5.74, 6) is 1.20. The van der Waals surface area contributed by atoms with Crippen molar-refractivity contribution in [3.05, 3.63) is 60.2 Å². The number of aliphatic hydroxyl groups is 1. The second-order valence-corrected chi connectivity index (χ2v) is 7.91. The second-order valence-electron chi connectivity index (χ2n) is 7.50. The number of hydrogen-bond acceptors (Lipinski definition) is 7. The normalized spacial score (nSPS) is 16.0. The molecule has 1 fully saturated rings. The van der Waals surface area contributed by atoms with Gasteiger partial charge in [-0.05, 0) is 43.2 Å². The van der Waals surface area contributed by atoms with Crippen molar-refractivity contribution in [3.63, 3.8) is 0 Å². The number of piperidine rings is 1. The minimum atomic E-state index is -0.642. The number of hydrogen-bond donors (Lipinski definition) is 2. The molecule has 168 valence electrons. The third kappa shape index (κ3) is 4.77. The first-order chi connectivity index (χ1) is 15.5. The molecule has 0 aliphatic carbocycles. The van der Waals surface area contributed by atoms with Gasteiger partial charge in [-0.25, -0.2) is 14.4 Å². The van der Waals surface area contributed by atoms with Gasteiger partial charge in [-0.1, -0.05) is 18.2 Å². The van der Waals surface area contributed by atoms with Gasteiger partial charge in [0.05, 0.1) is 17.6 Å². The molecule has 7 nitrogen and oxygen atoms in total. The van der Waals surface area contributed by atoms with Crippen molar-refractivity contribution in [3.8, 4) is 11.5 Å². The van der Waals surface area contributed by atoms with Crippen LogP contribution in [0, 0.1) is 5.82 Å². The lowest BCUT2D eigenvalue weighted by Gasteiger charge is -2.34. The van der Waals surface area contributed by atoms with Crippen molar-refractivity contribution >= 4 is 34.0 Å². The van der Waals surface area contributed by atoms with E-state index in [1.54, 1.807) is 19.2 Å². The number of nitrogens with one attached hydrogen (secondary N) is 1. The molecule has 0 radical (unpaired) electrons. The molecule has 0 saturated carbocycles. The smallest absolute Gasteiger partial charge is 0.162 e. The lowest BCUT2D eigenvalue weighted by Crippen LogP contribution is -2.43. The first kappa shape index (κ1) is 22.3. The van der Waals surface area contributed by atoms with E-state index >= 15 is 0 Å². The van der Waals surface area contributed by atoms with Crippen LogP contribution < -0.4 is 14.8 Å². The van der Waals surface area contributed by atoms with Gasteiger partial charge in [0.25, 0.3) is 0 Å². The predicted molar refractivity (Wildman–Crippen MR) is 122 cm³/mol. The monoisotopic (exact) mass is 458 g/mol. The van der Waals surface area contributed by atoms with E-state index in [-0.39, 0.29) is 11.1 Å². The van der Waals surface area contributed by atoms with Gasteiger partial charge in [0.1, 0.15) is 30.3 Å². The van der Waals surface area contributed by atoms with E-state index in [9.17, 15) is 9.50 Å². The maximum absolute atomic E-state index is 13.5. The third-order valence-electron chi connectivity index (χ3n) is 5.46. The Labute approximate surface area is 190 Å². The van der Waals surface area contributed by atoms with Crippen LogP contribution in [0.4, 0.5) is 15.9 Å². The van der Waals surface area contributed by atoms with E-state index in [0.717, 1.165) is 18.2 Å². The van der Waals surface area contributed by atoms with E-state index in [1.807, 2.05) is 11.0 Å². The first-order valence-corrected chi connectivity index (χ1v) is 10.6. The maximum Gasteiger partial charge on any atom is 0.162 e. The molecule has 1 saturated heterocycles. The summed E-state index contributed by atoms with van der Waals surface area (Å²) in [5.41, 5.74) is 1.27. The quantitative estimate of drug-likeness (QED) is 0.504. The van der Waals surface area contributed by atoms with Crippen LogP contribution in [0.1, 0.15) is 12.8 Å². The summed E-state index contributed by atoms with van der Waals surface area (Å²) in [4.78, 5) is 10.6. The van der Waals surface area contributed by atoms with E-state index in [2.05, 4.69) is 21.9 Å². The predicted octanol–water partition coefficient (Wildman–Crippen LogP) is 4.52. The fourth-order valence-electron chi connectivity index (χ4n) is 3.71. The number of aliphatic hydroxyl groups excluding tert-OH is 1. The lowest BCUT2D eigenvalue weighted by atomic mass is 10.1. The van der Waals surface area contributed by atoms with Gasteiger partial charge in [0, 0.05) is 30.2 Å². The molecule has 3 aromatic rings.